The second-order valence-corrected chi connectivity index (χ2v) is 6.26. The number of para-hydroxylation sites is 1. The van der Waals surface area contributed by atoms with Crippen molar-refractivity contribution in [3.8, 4) is 0 Å². The molecule has 0 bridgehead atoms. The minimum Gasteiger partial charge on any atom is -0.354 e. The fourth-order valence-electron chi connectivity index (χ4n) is 3.31. The molecule has 0 saturated heterocycles. The first kappa shape index (κ1) is 13.3. The maximum absolute atomic E-state index is 4.90. The van der Waals surface area contributed by atoms with Gasteiger partial charge in [-0.25, -0.2) is 0 Å². The molecule has 2 heterocycles. The summed E-state index contributed by atoms with van der Waals surface area (Å²) in [5, 5.41) is 3.80. The van der Waals surface area contributed by atoms with Crippen LogP contribution in [0.2, 0.25) is 0 Å². The van der Waals surface area contributed by atoms with Crippen molar-refractivity contribution < 1.29 is 0 Å². The Bertz CT molecular complexity index is 993. The number of rotatable bonds is 2. The maximum Gasteiger partial charge on any atom is 0.0726 e. The van der Waals surface area contributed by atoms with Crippen LogP contribution in [0.3, 0.4) is 0 Å². The third kappa shape index (κ3) is 1.83. The van der Waals surface area contributed by atoms with Crippen LogP contribution in [-0.2, 0) is 6.42 Å². The molecular formula is C20H20N2. The van der Waals surface area contributed by atoms with Crippen LogP contribution in [0, 0.1) is 0 Å². The molecule has 2 aromatic carbocycles. The number of hydrogen-bond donors (Lipinski definition) is 1. The van der Waals surface area contributed by atoms with Crippen molar-refractivity contribution in [2.75, 3.05) is 0 Å². The van der Waals surface area contributed by atoms with E-state index in [1.807, 2.05) is 0 Å². The molecule has 0 saturated carbocycles. The van der Waals surface area contributed by atoms with Crippen molar-refractivity contribution in [3.05, 3.63) is 53.7 Å². The SMILES string of the molecule is CCc1nc2ccccc2c2[nH]c3ccc(C(C)C)cc3c12. The predicted octanol–water partition coefficient (Wildman–Crippen LogP) is 5.56. The normalized spacial score (nSPS) is 12.0. The van der Waals surface area contributed by atoms with Gasteiger partial charge in [0, 0.05) is 21.7 Å². The molecule has 110 valence electrons. The number of benzene rings is 2. The molecule has 0 amide bonds. The zero-order valence-corrected chi connectivity index (χ0v) is 13.3. The number of aryl methyl sites for hydroxylation is 1. The van der Waals surface area contributed by atoms with Crippen LogP contribution in [-0.4, -0.2) is 9.97 Å². The summed E-state index contributed by atoms with van der Waals surface area (Å²) in [6, 6.07) is 15.2. The van der Waals surface area contributed by atoms with Crippen molar-refractivity contribution in [2.45, 2.75) is 33.1 Å². The molecule has 0 unspecified atom stereocenters. The Morgan fingerprint density at radius 2 is 1.86 bits per heavy atom. The quantitative estimate of drug-likeness (QED) is 0.514. The summed E-state index contributed by atoms with van der Waals surface area (Å²) in [6.45, 7) is 6.66. The summed E-state index contributed by atoms with van der Waals surface area (Å²) in [6.07, 6.45) is 0.945. The number of nitrogens with one attached hydrogen (secondary N) is 1. The summed E-state index contributed by atoms with van der Waals surface area (Å²) in [5.41, 5.74) is 6.05. The van der Waals surface area contributed by atoms with Gasteiger partial charge in [-0.1, -0.05) is 45.0 Å². The summed E-state index contributed by atoms with van der Waals surface area (Å²) < 4.78 is 0. The van der Waals surface area contributed by atoms with Crippen molar-refractivity contribution in [1.29, 1.82) is 0 Å². The molecule has 0 fully saturated rings. The Labute approximate surface area is 130 Å². The number of H-pyrrole nitrogens is 1. The molecule has 1 N–H and O–H groups in total. The molecule has 4 rings (SSSR count). The highest BCUT2D eigenvalue weighted by molar-refractivity contribution is 6.17. The van der Waals surface area contributed by atoms with Crippen molar-refractivity contribution in [2.24, 2.45) is 0 Å². The molecule has 2 nitrogen and oxygen atoms in total. The number of aromatic amines is 1. The predicted molar refractivity (Wildman–Crippen MR) is 94.6 cm³/mol. The summed E-state index contributed by atoms with van der Waals surface area (Å²) in [4.78, 5) is 8.52. The van der Waals surface area contributed by atoms with Crippen LogP contribution in [0.25, 0.3) is 32.7 Å². The van der Waals surface area contributed by atoms with E-state index in [0.717, 1.165) is 11.9 Å². The smallest absolute Gasteiger partial charge is 0.0726 e. The number of hydrogen-bond acceptors (Lipinski definition) is 1. The van der Waals surface area contributed by atoms with Gasteiger partial charge in [0.15, 0.2) is 0 Å². The second-order valence-electron chi connectivity index (χ2n) is 6.26. The van der Waals surface area contributed by atoms with Gasteiger partial charge < -0.3 is 4.98 Å². The van der Waals surface area contributed by atoms with E-state index in [9.17, 15) is 0 Å². The lowest BCUT2D eigenvalue weighted by molar-refractivity contribution is 0.869. The first-order valence-electron chi connectivity index (χ1n) is 8.02. The highest BCUT2D eigenvalue weighted by atomic mass is 14.8. The summed E-state index contributed by atoms with van der Waals surface area (Å²) >= 11 is 0. The standard InChI is InChI=1S/C20H20N2/c1-4-16-19-15-11-13(12(2)3)9-10-18(15)22-20(19)14-7-5-6-8-17(14)21-16/h5-12,22H,4H2,1-3H3. The van der Waals surface area contributed by atoms with E-state index in [0.29, 0.717) is 5.92 Å². The molecule has 0 aliphatic rings. The molecule has 0 aliphatic carbocycles. The van der Waals surface area contributed by atoms with Gasteiger partial charge in [0.05, 0.1) is 16.7 Å². The minimum absolute atomic E-state index is 0.535. The molecule has 0 radical (unpaired) electrons. The van der Waals surface area contributed by atoms with Crippen LogP contribution < -0.4 is 0 Å². The number of fused-ring (bicyclic) bond motifs is 5. The molecule has 2 heteroatoms. The monoisotopic (exact) mass is 288 g/mol. The fourth-order valence-corrected chi connectivity index (χ4v) is 3.31. The third-order valence-corrected chi connectivity index (χ3v) is 4.54. The van der Waals surface area contributed by atoms with E-state index < -0.39 is 0 Å². The van der Waals surface area contributed by atoms with Gasteiger partial charge in [0.2, 0.25) is 0 Å². The Morgan fingerprint density at radius 1 is 1.05 bits per heavy atom. The summed E-state index contributed by atoms with van der Waals surface area (Å²) in [5.74, 6) is 0.535. The molecule has 0 atom stereocenters. The molecule has 0 spiro atoms. The first-order valence-corrected chi connectivity index (χ1v) is 8.02. The second kappa shape index (κ2) is 4.84. The topological polar surface area (TPSA) is 28.7 Å². The van der Waals surface area contributed by atoms with E-state index in [1.165, 1.54) is 38.4 Å². The van der Waals surface area contributed by atoms with Crippen LogP contribution in [0.15, 0.2) is 42.5 Å². The van der Waals surface area contributed by atoms with Crippen molar-refractivity contribution in [1.82, 2.24) is 9.97 Å². The Morgan fingerprint density at radius 3 is 2.64 bits per heavy atom. The first-order chi connectivity index (χ1) is 10.7. The largest absolute Gasteiger partial charge is 0.354 e. The van der Waals surface area contributed by atoms with E-state index in [4.69, 9.17) is 4.98 Å². The van der Waals surface area contributed by atoms with Gasteiger partial charge in [0.1, 0.15) is 0 Å². The third-order valence-electron chi connectivity index (χ3n) is 4.54. The number of pyridine rings is 1. The van der Waals surface area contributed by atoms with Crippen LogP contribution in [0.5, 0.6) is 0 Å². The van der Waals surface area contributed by atoms with Gasteiger partial charge in [-0.15, -0.1) is 0 Å². The molecule has 2 aromatic heterocycles. The van der Waals surface area contributed by atoms with E-state index in [1.54, 1.807) is 0 Å². The summed E-state index contributed by atoms with van der Waals surface area (Å²) in [7, 11) is 0. The highest BCUT2D eigenvalue weighted by Crippen LogP contribution is 2.34. The minimum atomic E-state index is 0.535. The highest BCUT2D eigenvalue weighted by Gasteiger charge is 2.14. The number of aromatic nitrogens is 2. The molecule has 4 aromatic rings. The fraction of sp³-hybridized carbons (Fsp3) is 0.250. The van der Waals surface area contributed by atoms with Crippen LogP contribution >= 0.6 is 0 Å². The van der Waals surface area contributed by atoms with Gasteiger partial charge >= 0.3 is 0 Å². The molecular weight excluding hydrogens is 268 g/mol. The lowest BCUT2D eigenvalue weighted by Crippen LogP contribution is -1.91. The van der Waals surface area contributed by atoms with E-state index in [2.05, 4.69) is 68.2 Å². The zero-order valence-electron chi connectivity index (χ0n) is 13.3. The van der Waals surface area contributed by atoms with Crippen molar-refractivity contribution >= 4 is 32.7 Å². The lowest BCUT2D eigenvalue weighted by atomic mass is 9.99. The van der Waals surface area contributed by atoms with Gasteiger partial charge in [0.25, 0.3) is 0 Å². The maximum atomic E-state index is 4.90. The molecule has 22 heavy (non-hydrogen) atoms. The zero-order chi connectivity index (χ0) is 15.3. The Balaban J connectivity index is 2.21. The van der Waals surface area contributed by atoms with E-state index in [-0.39, 0.29) is 0 Å². The average molecular weight is 288 g/mol. The van der Waals surface area contributed by atoms with Crippen LogP contribution in [0.4, 0.5) is 0 Å². The molecule has 0 aliphatic heterocycles. The van der Waals surface area contributed by atoms with Gasteiger partial charge in [-0.3, -0.25) is 4.98 Å². The Hall–Kier alpha value is -2.35. The lowest BCUT2D eigenvalue weighted by Gasteiger charge is -2.06. The van der Waals surface area contributed by atoms with Gasteiger partial charge in [-0.05, 0) is 36.1 Å². The van der Waals surface area contributed by atoms with Gasteiger partial charge in [-0.2, -0.15) is 0 Å². The Kier molecular flexibility index (Phi) is 2.93. The van der Waals surface area contributed by atoms with E-state index >= 15 is 0 Å². The van der Waals surface area contributed by atoms with Crippen LogP contribution in [0.1, 0.15) is 37.9 Å². The van der Waals surface area contributed by atoms with Crippen molar-refractivity contribution in [3.63, 3.8) is 0 Å². The average Bonchev–Trinajstić information content (AvgIpc) is 2.93. The number of nitrogens with zero attached hydrogens (tertiary/aromatic N) is 1.